The molecule has 0 saturated heterocycles. The maximum absolute atomic E-state index is 6.84. The van der Waals surface area contributed by atoms with Gasteiger partial charge in [0.1, 0.15) is 11.2 Å². The number of rotatable bonds is 6. The highest BCUT2D eigenvalue weighted by molar-refractivity contribution is 6.15. The van der Waals surface area contributed by atoms with E-state index in [-0.39, 0.29) is 21.7 Å². The van der Waals surface area contributed by atoms with Gasteiger partial charge in [-0.3, -0.25) is 0 Å². The minimum absolute atomic E-state index is 0.0144. The second-order valence-electron chi connectivity index (χ2n) is 24.6. The molecule has 14 rings (SSSR count). The van der Waals surface area contributed by atoms with Crippen molar-refractivity contribution in [1.82, 2.24) is 0 Å². The van der Waals surface area contributed by atoms with E-state index in [4.69, 9.17) is 8.83 Å². The summed E-state index contributed by atoms with van der Waals surface area (Å²) in [5, 5.41) is 6.91. The average Bonchev–Trinajstić information content (AvgIpc) is 4.30. The summed E-state index contributed by atoms with van der Waals surface area (Å²) in [6, 6.07) is 72.0. The SMILES string of the molecule is CC(C)(C)c1ccc(N(c2ccc3c(c2)C(C)(C)c2cc4c(cc2-3)C(C)(C)c2cc(N(c3ccc(C(C)(C)C)cc3)c3cccc5c3oc3ccccc35)c3ccccc3c2-4)c2cccc3c2oc2ccccc23)cc1. The summed E-state index contributed by atoms with van der Waals surface area (Å²) in [7, 11) is 0. The summed E-state index contributed by atoms with van der Waals surface area (Å²) in [5.41, 5.74) is 22.6. The zero-order chi connectivity index (χ0) is 52.2. The van der Waals surface area contributed by atoms with Crippen molar-refractivity contribution in [2.75, 3.05) is 9.80 Å². The van der Waals surface area contributed by atoms with Crippen LogP contribution in [0.4, 0.5) is 34.1 Å². The molecule has 0 N–H and O–H groups in total. The third kappa shape index (κ3) is 6.75. The van der Waals surface area contributed by atoms with Gasteiger partial charge in [0.05, 0.1) is 17.1 Å². The first-order chi connectivity index (χ1) is 36.5. The van der Waals surface area contributed by atoms with Crippen molar-refractivity contribution in [1.29, 1.82) is 0 Å². The molecule has 10 aromatic carbocycles. The van der Waals surface area contributed by atoms with Crippen LogP contribution in [-0.4, -0.2) is 0 Å². The number of para-hydroxylation sites is 4. The third-order valence-corrected chi connectivity index (χ3v) is 17.2. The van der Waals surface area contributed by atoms with E-state index >= 15 is 0 Å². The van der Waals surface area contributed by atoms with Gasteiger partial charge in [0.15, 0.2) is 11.2 Å². The zero-order valence-corrected chi connectivity index (χ0v) is 45.2. The monoisotopic (exact) mass is 986 g/mol. The number of fused-ring (bicyclic) bond motifs is 14. The summed E-state index contributed by atoms with van der Waals surface area (Å²) in [6.45, 7) is 23.4. The van der Waals surface area contributed by atoms with E-state index in [1.807, 2.05) is 0 Å². The minimum Gasteiger partial charge on any atom is -0.454 e. The molecule has 0 amide bonds. The summed E-state index contributed by atoms with van der Waals surface area (Å²) >= 11 is 0. The molecule has 0 aliphatic heterocycles. The molecule has 0 spiro atoms. The molecule has 2 aliphatic carbocycles. The van der Waals surface area contributed by atoms with Crippen LogP contribution >= 0.6 is 0 Å². The van der Waals surface area contributed by atoms with Gasteiger partial charge < -0.3 is 18.6 Å². The Morgan fingerprint density at radius 3 is 1.33 bits per heavy atom. The molecule has 2 aromatic heterocycles. The van der Waals surface area contributed by atoms with Crippen LogP contribution in [0.15, 0.2) is 203 Å². The fraction of sp³-hybridized carbons (Fsp3) is 0.194. The largest absolute Gasteiger partial charge is 0.454 e. The lowest BCUT2D eigenvalue weighted by Gasteiger charge is -2.30. The summed E-state index contributed by atoms with van der Waals surface area (Å²) in [6.07, 6.45) is 0. The van der Waals surface area contributed by atoms with Gasteiger partial charge in [-0.05, 0) is 151 Å². The Labute approximate surface area is 445 Å². The lowest BCUT2D eigenvalue weighted by Crippen LogP contribution is -2.18. The summed E-state index contributed by atoms with van der Waals surface area (Å²) in [4.78, 5) is 4.85. The van der Waals surface area contributed by atoms with Crippen molar-refractivity contribution in [2.24, 2.45) is 0 Å². The third-order valence-electron chi connectivity index (χ3n) is 17.2. The number of furan rings is 2. The Morgan fingerprint density at radius 2 is 0.763 bits per heavy atom. The van der Waals surface area contributed by atoms with Crippen LogP contribution in [0.25, 0.3) is 76.9 Å². The first kappa shape index (κ1) is 46.2. The van der Waals surface area contributed by atoms with Gasteiger partial charge in [0.2, 0.25) is 0 Å². The molecular formula is C72H62N2O2. The summed E-state index contributed by atoms with van der Waals surface area (Å²) in [5.74, 6) is 0. The van der Waals surface area contributed by atoms with Crippen molar-refractivity contribution in [3.05, 3.63) is 228 Å². The number of nitrogens with zero attached hydrogens (tertiary/aromatic N) is 2. The molecule has 12 aromatic rings. The Balaban J connectivity index is 0.932. The molecule has 0 atom stereocenters. The second-order valence-corrected chi connectivity index (χ2v) is 24.6. The van der Waals surface area contributed by atoms with E-state index in [0.29, 0.717) is 0 Å². The summed E-state index contributed by atoms with van der Waals surface area (Å²) < 4.78 is 13.6. The van der Waals surface area contributed by atoms with Gasteiger partial charge in [0.25, 0.3) is 0 Å². The second kappa shape index (κ2) is 16.1. The molecule has 4 heteroatoms. The van der Waals surface area contributed by atoms with Gasteiger partial charge in [-0.1, -0.05) is 184 Å². The molecule has 0 radical (unpaired) electrons. The molecule has 4 nitrogen and oxygen atoms in total. The van der Waals surface area contributed by atoms with Crippen LogP contribution < -0.4 is 9.80 Å². The molecule has 0 unspecified atom stereocenters. The molecule has 0 bridgehead atoms. The Kier molecular flexibility index (Phi) is 9.78. The van der Waals surface area contributed by atoms with Crippen LogP contribution in [0.1, 0.15) is 103 Å². The maximum atomic E-state index is 6.84. The van der Waals surface area contributed by atoms with E-state index in [9.17, 15) is 0 Å². The standard InChI is InChI=1S/C72H62N2O2/c1-69(2,3)43-29-33-45(34-30-43)73(61-25-17-23-53-50-20-13-15-27-64(50)75-67(53)61)47-37-38-48-55-40-59-56(41-58(55)71(7,8)57(48)39-47)66-52-22-12-11-19-49(52)63(42-60(66)72(59,9)10)74(46-35-31-44(32-36-46)70(4,5)6)62-26-18-24-54-51-21-14-16-28-65(51)76-68(54)62/h11-42H,1-10H3. The van der Waals surface area contributed by atoms with E-state index in [0.717, 1.165) is 78.0 Å². The van der Waals surface area contributed by atoms with Gasteiger partial charge >= 0.3 is 0 Å². The average molecular weight is 987 g/mol. The molecule has 76 heavy (non-hydrogen) atoms. The van der Waals surface area contributed by atoms with Crippen molar-refractivity contribution < 1.29 is 8.83 Å². The molecular weight excluding hydrogens is 925 g/mol. The highest BCUT2D eigenvalue weighted by Crippen LogP contribution is 2.60. The van der Waals surface area contributed by atoms with Crippen LogP contribution in [0.3, 0.4) is 0 Å². The van der Waals surface area contributed by atoms with E-state index < -0.39 is 0 Å². The number of benzene rings is 10. The highest BCUT2D eigenvalue weighted by atomic mass is 16.3. The van der Waals surface area contributed by atoms with Crippen molar-refractivity contribution >= 4 is 88.8 Å². The van der Waals surface area contributed by atoms with E-state index in [1.54, 1.807) is 0 Å². The first-order valence-electron chi connectivity index (χ1n) is 27.0. The number of hydrogen-bond acceptors (Lipinski definition) is 4. The Hall–Kier alpha value is -8.34. The first-order valence-corrected chi connectivity index (χ1v) is 27.0. The normalized spacial score (nSPS) is 14.4. The fourth-order valence-corrected chi connectivity index (χ4v) is 13.0. The van der Waals surface area contributed by atoms with E-state index in [1.165, 1.54) is 66.4 Å². The quantitative estimate of drug-likeness (QED) is 0.166. The Morgan fingerprint density at radius 1 is 0.329 bits per heavy atom. The van der Waals surface area contributed by atoms with Crippen molar-refractivity contribution in [3.8, 4) is 22.3 Å². The maximum Gasteiger partial charge on any atom is 0.159 e. The van der Waals surface area contributed by atoms with Gasteiger partial charge in [0, 0.05) is 54.8 Å². The van der Waals surface area contributed by atoms with Gasteiger partial charge in [-0.25, -0.2) is 0 Å². The molecule has 2 aliphatic rings. The minimum atomic E-state index is -0.320. The van der Waals surface area contributed by atoms with Crippen molar-refractivity contribution in [3.63, 3.8) is 0 Å². The molecule has 372 valence electrons. The number of anilines is 6. The van der Waals surface area contributed by atoms with Crippen molar-refractivity contribution in [2.45, 2.75) is 90.9 Å². The molecule has 0 saturated carbocycles. The van der Waals surface area contributed by atoms with Gasteiger partial charge in [-0.2, -0.15) is 0 Å². The zero-order valence-electron chi connectivity index (χ0n) is 45.2. The lowest BCUT2D eigenvalue weighted by atomic mass is 9.79. The van der Waals surface area contributed by atoms with Crippen LogP contribution in [0.2, 0.25) is 0 Å². The fourth-order valence-electron chi connectivity index (χ4n) is 13.0. The van der Waals surface area contributed by atoms with Gasteiger partial charge in [-0.15, -0.1) is 0 Å². The molecule has 0 fully saturated rings. The smallest absolute Gasteiger partial charge is 0.159 e. The lowest BCUT2D eigenvalue weighted by molar-refractivity contribution is 0.590. The highest BCUT2D eigenvalue weighted by Gasteiger charge is 2.43. The predicted molar refractivity (Wildman–Crippen MR) is 320 cm³/mol. The van der Waals surface area contributed by atoms with Crippen LogP contribution in [-0.2, 0) is 21.7 Å². The topological polar surface area (TPSA) is 32.8 Å². The molecule has 2 heterocycles. The predicted octanol–water partition coefficient (Wildman–Crippen LogP) is 20.8. The Bertz CT molecular complexity index is 4360. The number of hydrogen-bond donors (Lipinski definition) is 0. The van der Waals surface area contributed by atoms with E-state index in [2.05, 4.69) is 273 Å². The van der Waals surface area contributed by atoms with Crippen LogP contribution in [0.5, 0.6) is 0 Å². The van der Waals surface area contributed by atoms with Crippen LogP contribution in [0, 0.1) is 0 Å².